The van der Waals surface area contributed by atoms with Gasteiger partial charge in [-0.15, -0.1) is 20.5 Å². The third-order valence-corrected chi connectivity index (χ3v) is 8.80. The zero-order chi connectivity index (χ0) is 36.8. The average molecular weight is 709 g/mol. The highest BCUT2D eigenvalue weighted by Gasteiger charge is 2.27. The molecular formula is C36H24N18. The maximum Gasteiger partial charge on any atom is 0.252 e. The second-order valence-corrected chi connectivity index (χ2v) is 12.0. The second kappa shape index (κ2) is 12.9. The molecule has 9 rings (SSSR count). The van der Waals surface area contributed by atoms with E-state index in [2.05, 4.69) is 61.5 Å². The molecule has 2 aliphatic heterocycles. The number of rotatable bonds is 8. The van der Waals surface area contributed by atoms with Gasteiger partial charge in [-0.3, -0.25) is 9.98 Å². The van der Waals surface area contributed by atoms with Gasteiger partial charge in [0.15, 0.2) is 23.3 Å². The summed E-state index contributed by atoms with van der Waals surface area (Å²) >= 11 is 0. The number of hydrogen-bond donors (Lipinski definition) is 0. The van der Waals surface area contributed by atoms with E-state index in [4.69, 9.17) is 16.8 Å². The topological polar surface area (TPSA) is 199 Å². The van der Waals surface area contributed by atoms with Gasteiger partial charge in [-0.2, -0.15) is 30.3 Å². The molecule has 0 spiro atoms. The Bertz CT molecular complexity index is 2600. The van der Waals surface area contributed by atoms with Crippen LogP contribution in [0.15, 0.2) is 116 Å². The van der Waals surface area contributed by atoms with E-state index in [1.54, 1.807) is 46.0 Å². The predicted octanol–water partition coefficient (Wildman–Crippen LogP) is 7.39. The van der Waals surface area contributed by atoms with E-state index in [0.717, 1.165) is 34.2 Å². The molecule has 0 amide bonds. The first-order chi connectivity index (χ1) is 26.5. The summed E-state index contributed by atoms with van der Waals surface area (Å²) in [6.45, 7) is 12.2. The minimum Gasteiger partial charge on any atom is -0.264 e. The smallest absolute Gasteiger partial charge is 0.252 e. The van der Waals surface area contributed by atoms with Gasteiger partial charge in [0, 0.05) is 23.5 Å². The number of pyridine rings is 2. The molecule has 18 heteroatoms. The van der Waals surface area contributed by atoms with Gasteiger partial charge in [0.1, 0.15) is 46.1 Å². The first-order valence-corrected chi connectivity index (χ1v) is 16.5. The van der Waals surface area contributed by atoms with E-state index < -0.39 is 0 Å². The Morgan fingerprint density at radius 2 is 1.19 bits per heavy atom. The minimum absolute atomic E-state index is 0.233. The predicted molar refractivity (Wildman–Crippen MR) is 195 cm³/mol. The molecule has 8 heterocycles. The Balaban J connectivity index is 1.09. The van der Waals surface area contributed by atoms with E-state index in [0.29, 0.717) is 47.5 Å². The number of benzene rings is 1. The first-order valence-electron chi connectivity index (χ1n) is 16.5. The van der Waals surface area contributed by atoms with Crippen molar-refractivity contribution in [1.29, 1.82) is 5.26 Å². The van der Waals surface area contributed by atoms with Crippen LogP contribution in [0.5, 0.6) is 0 Å². The van der Waals surface area contributed by atoms with Crippen molar-refractivity contribution in [1.82, 2.24) is 49.1 Å². The summed E-state index contributed by atoms with van der Waals surface area (Å²) in [5.74, 6) is 2.96. The first kappa shape index (κ1) is 31.8. The molecule has 0 atom stereocenters. The van der Waals surface area contributed by atoms with Crippen LogP contribution in [0.25, 0.3) is 39.0 Å². The van der Waals surface area contributed by atoms with Crippen LogP contribution in [0, 0.1) is 17.9 Å². The zero-order valence-electron chi connectivity index (χ0n) is 28.5. The van der Waals surface area contributed by atoms with Gasteiger partial charge in [-0.25, -0.2) is 28.9 Å². The maximum atomic E-state index is 9.81. The highest BCUT2D eigenvalue weighted by molar-refractivity contribution is 5.90. The Labute approximate surface area is 305 Å². The summed E-state index contributed by atoms with van der Waals surface area (Å²) in [7, 11) is 0. The van der Waals surface area contributed by atoms with Crippen LogP contribution >= 0.6 is 0 Å². The normalized spacial score (nSPS) is 13.3. The lowest BCUT2D eigenvalue weighted by atomic mass is 10.0. The van der Waals surface area contributed by atoms with Gasteiger partial charge in [0.2, 0.25) is 0 Å². The van der Waals surface area contributed by atoms with Crippen molar-refractivity contribution in [3.8, 4) is 40.2 Å². The van der Waals surface area contributed by atoms with E-state index in [1.807, 2.05) is 50.2 Å². The number of azo groups is 2. The highest BCUT2D eigenvalue weighted by atomic mass is 15.4. The van der Waals surface area contributed by atoms with Crippen LogP contribution < -0.4 is 0 Å². The summed E-state index contributed by atoms with van der Waals surface area (Å²) in [5, 5.41) is 46.6. The Morgan fingerprint density at radius 3 is 1.69 bits per heavy atom. The molecule has 0 radical (unpaired) electrons. The quantitative estimate of drug-likeness (QED) is 0.116. The Hall–Kier alpha value is -8.12. The molecule has 54 heavy (non-hydrogen) atoms. The molecule has 6 aromatic heterocycles. The molecule has 0 saturated heterocycles. The fourth-order valence-corrected chi connectivity index (χ4v) is 6.12. The van der Waals surface area contributed by atoms with Crippen LogP contribution in [-0.4, -0.2) is 60.8 Å². The maximum absolute atomic E-state index is 9.81. The molecule has 0 unspecified atom stereocenters. The number of fused-ring (bicyclic) bond motifs is 2. The van der Waals surface area contributed by atoms with Gasteiger partial charge >= 0.3 is 0 Å². The van der Waals surface area contributed by atoms with E-state index in [9.17, 15) is 5.26 Å². The van der Waals surface area contributed by atoms with Crippen molar-refractivity contribution in [2.45, 2.75) is 26.9 Å². The third-order valence-electron chi connectivity index (χ3n) is 8.80. The van der Waals surface area contributed by atoms with Crippen LogP contribution in [0.4, 0.5) is 28.7 Å². The molecule has 7 aromatic rings. The number of nitrogens with zero attached hydrogens (tertiary/aromatic N) is 18. The standard InChI is InChI=1S/C36H24N18/c1-21-41-19-27-33(45-47-35-25(16-37)17-43-53(35)29-8-4-6-14-39-29)31(49-51(21)27)23-10-12-24(13-11-23)32-34(28-20-42-22(2)52(28)50-32)46-48-36-26(38-3)18-44-54(36)30-9-5-7-15-40-30/h4-15,17-18H,19-20H2,1-2H3. The summed E-state index contributed by atoms with van der Waals surface area (Å²) in [6.07, 6.45) is 6.16. The van der Waals surface area contributed by atoms with Crippen LogP contribution in [0.3, 0.4) is 0 Å². The fraction of sp³-hybridized carbons (Fsp3) is 0.111. The van der Waals surface area contributed by atoms with Gasteiger partial charge in [0.25, 0.3) is 5.69 Å². The largest absolute Gasteiger partial charge is 0.264 e. The molecule has 0 aliphatic carbocycles. The molecule has 0 N–H and O–H groups in total. The van der Waals surface area contributed by atoms with Gasteiger partial charge in [-0.05, 0) is 38.1 Å². The van der Waals surface area contributed by atoms with Gasteiger partial charge in [-0.1, -0.05) is 36.4 Å². The molecular weight excluding hydrogens is 685 g/mol. The molecule has 258 valence electrons. The number of hydrogen-bond acceptors (Lipinski definition) is 13. The lowest BCUT2D eigenvalue weighted by molar-refractivity contribution is 0.839. The summed E-state index contributed by atoms with van der Waals surface area (Å²) in [4.78, 5) is 21.4. The fourth-order valence-electron chi connectivity index (χ4n) is 6.12. The van der Waals surface area contributed by atoms with Crippen molar-refractivity contribution < 1.29 is 0 Å². The molecule has 0 saturated carbocycles. The SMILES string of the molecule is [C-]#[N+]c1cnn(-c2ccccn2)c1N=Nc1c(-c2ccc(-c3nn4c(c3N=Nc3c(C#N)cnn3-c3ccccn3)CN=C4C)cc2)nn2c1CN=C2C. The highest BCUT2D eigenvalue weighted by Crippen LogP contribution is 2.41. The number of aliphatic imine (C=N–C) groups is 2. The summed E-state index contributed by atoms with van der Waals surface area (Å²) in [5.41, 5.74) is 5.78. The van der Waals surface area contributed by atoms with Crippen molar-refractivity contribution in [2.24, 2.45) is 30.4 Å². The minimum atomic E-state index is 0.233. The van der Waals surface area contributed by atoms with E-state index >= 15 is 0 Å². The van der Waals surface area contributed by atoms with E-state index in [1.165, 1.54) is 21.8 Å². The Kier molecular flexibility index (Phi) is 7.60. The van der Waals surface area contributed by atoms with Crippen molar-refractivity contribution in [3.05, 3.63) is 114 Å². The van der Waals surface area contributed by atoms with Gasteiger partial charge < -0.3 is 0 Å². The Morgan fingerprint density at radius 1 is 0.667 bits per heavy atom. The van der Waals surface area contributed by atoms with Crippen LogP contribution in [-0.2, 0) is 13.1 Å². The van der Waals surface area contributed by atoms with Crippen molar-refractivity contribution >= 4 is 40.4 Å². The third kappa shape index (κ3) is 5.26. The van der Waals surface area contributed by atoms with Crippen molar-refractivity contribution in [3.63, 3.8) is 0 Å². The summed E-state index contributed by atoms with van der Waals surface area (Å²) < 4.78 is 6.47. The van der Waals surface area contributed by atoms with Gasteiger partial charge in [0.05, 0.1) is 43.4 Å². The lowest BCUT2D eigenvalue weighted by Gasteiger charge is -2.04. The second-order valence-electron chi connectivity index (χ2n) is 12.0. The lowest BCUT2D eigenvalue weighted by Crippen LogP contribution is -2.06. The number of aromatic nitrogens is 10. The van der Waals surface area contributed by atoms with Crippen molar-refractivity contribution in [2.75, 3.05) is 0 Å². The van der Waals surface area contributed by atoms with E-state index in [-0.39, 0.29) is 22.9 Å². The zero-order valence-corrected chi connectivity index (χ0v) is 28.5. The summed E-state index contributed by atoms with van der Waals surface area (Å²) in [6, 6.07) is 20.6. The molecule has 1 aromatic carbocycles. The molecule has 0 bridgehead atoms. The number of nitriles is 1. The molecule has 2 aliphatic rings. The van der Waals surface area contributed by atoms with Crippen LogP contribution in [0.2, 0.25) is 0 Å². The monoisotopic (exact) mass is 708 g/mol. The molecule has 0 fully saturated rings. The molecule has 18 nitrogen and oxygen atoms in total. The van der Waals surface area contributed by atoms with Crippen LogP contribution in [0.1, 0.15) is 30.8 Å². The average Bonchev–Trinajstić information content (AvgIpc) is 4.07.